The first-order valence-corrected chi connectivity index (χ1v) is 2.61. The standard InChI is InChI=1S/C4H8ClNO2.ClH/c1-2-3(6)4(7)8-5;/h3H,2,6H2,1H3;1H. The molecular weight excluding hydrogens is 165 g/mol. The average Bonchev–Trinajstić information content (AvgIpc) is 1.84. The van der Waals surface area contributed by atoms with Crippen molar-refractivity contribution in [3.05, 3.63) is 0 Å². The fourth-order valence-corrected chi connectivity index (χ4v) is 0.338. The molecule has 0 aromatic heterocycles. The number of carbonyl (C=O) groups excluding carboxylic acids is 1. The van der Waals surface area contributed by atoms with Gasteiger partial charge in [-0.25, -0.2) is 4.79 Å². The predicted molar refractivity (Wildman–Crippen MR) is 37.5 cm³/mol. The van der Waals surface area contributed by atoms with Gasteiger partial charge in [-0.2, -0.15) is 0 Å². The molecule has 0 aliphatic heterocycles. The molecule has 0 aliphatic rings. The van der Waals surface area contributed by atoms with Crippen molar-refractivity contribution >= 4 is 30.2 Å². The quantitative estimate of drug-likeness (QED) is 0.674. The van der Waals surface area contributed by atoms with Crippen molar-refractivity contribution < 1.29 is 9.08 Å². The summed E-state index contributed by atoms with van der Waals surface area (Å²) in [5, 5.41) is 0. The van der Waals surface area contributed by atoms with Gasteiger partial charge in [0, 0.05) is 0 Å². The van der Waals surface area contributed by atoms with Gasteiger partial charge in [0.1, 0.15) is 17.9 Å². The number of carbonyl (C=O) groups is 1. The van der Waals surface area contributed by atoms with Crippen LogP contribution in [0.25, 0.3) is 0 Å². The Morgan fingerprint density at radius 3 is 2.44 bits per heavy atom. The van der Waals surface area contributed by atoms with Crippen LogP contribution in [-0.2, 0) is 9.08 Å². The minimum Gasteiger partial charge on any atom is -0.346 e. The molecule has 3 nitrogen and oxygen atoms in total. The van der Waals surface area contributed by atoms with Crippen LogP contribution >= 0.6 is 24.3 Å². The summed E-state index contributed by atoms with van der Waals surface area (Å²) in [4.78, 5) is 10.3. The zero-order valence-electron chi connectivity index (χ0n) is 4.96. The van der Waals surface area contributed by atoms with Gasteiger partial charge >= 0.3 is 5.97 Å². The maximum absolute atomic E-state index is 10.3. The van der Waals surface area contributed by atoms with Gasteiger partial charge in [-0.05, 0) is 6.42 Å². The number of halogens is 2. The van der Waals surface area contributed by atoms with Gasteiger partial charge in [0.05, 0.1) is 0 Å². The first-order valence-electron chi connectivity index (χ1n) is 2.30. The molecule has 0 heterocycles. The third-order valence-electron chi connectivity index (χ3n) is 0.819. The number of hydrogen-bond donors (Lipinski definition) is 1. The van der Waals surface area contributed by atoms with E-state index in [1.807, 2.05) is 0 Å². The van der Waals surface area contributed by atoms with Gasteiger partial charge in [0.2, 0.25) is 0 Å². The highest BCUT2D eigenvalue weighted by atomic mass is 35.5. The van der Waals surface area contributed by atoms with Crippen molar-refractivity contribution in [2.75, 3.05) is 0 Å². The highest BCUT2D eigenvalue weighted by molar-refractivity contribution is 6.13. The van der Waals surface area contributed by atoms with Crippen LogP contribution in [-0.4, -0.2) is 12.0 Å². The molecule has 0 aromatic carbocycles. The van der Waals surface area contributed by atoms with Crippen LogP contribution < -0.4 is 5.73 Å². The molecule has 0 rings (SSSR count). The highest BCUT2D eigenvalue weighted by Gasteiger charge is 2.10. The number of nitrogens with two attached hydrogens (primary N) is 1. The second kappa shape index (κ2) is 6.13. The predicted octanol–water partition coefficient (Wildman–Crippen LogP) is 0.842. The van der Waals surface area contributed by atoms with Crippen LogP contribution in [0.1, 0.15) is 13.3 Å². The number of hydrogen-bond acceptors (Lipinski definition) is 3. The van der Waals surface area contributed by atoms with Crippen molar-refractivity contribution in [1.82, 2.24) is 0 Å². The first-order chi connectivity index (χ1) is 3.72. The van der Waals surface area contributed by atoms with E-state index in [1.54, 1.807) is 6.92 Å². The largest absolute Gasteiger partial charge is 0.346 e. The SMILES string of the molecule is CCC(N)C(=O)OCl.Cl. The summed E-state index contributed by atoms with van der Waals surface area (Å²) in [6.07, 6.45) is 0.547. The van der Waals surface area contributed by atoms with Gasteiger partial charge in [0.25, 0.3) is 0 Å². The lowest BCUT2D eigenvalue weighted by Gasteiger charge is -2.00. The van der Waals surface area contributed by atoms with Gasteiger partial charge in [-0.15, -0.1) is 12.4 Å². The summed E-state index contributed by atoms with van der Waals surface area (Å²) in [6.45, 7) is 1.78. The maximum Gasteiger partial charge on any atom is 0.341 e. The van der Waals surface area contributed by atoms with E-state index in [4.69, 9.17) is 17.6 Å². The molecule has 2 N–H and O–H groups in total. The molecule has 0 fully saturated rings. The van der Waals surface area contributed by atoms with E-state index in [2.05, 4.69) is 4.29 Å². The van der Waals surface area contributed by atoms with Crippen molar-refractivity contribution in [2.45, 2.75) is 19.4 Å². The first kappa shape index (κ1) is 11.8. The molecule has 1 atom stereocenters. The number of rotatable bonds is 2. The van der Waals surface area contributed by atoms with Crippen LogP contribution in [0.4, 0.5) is 0 Å². The molecule has 9 heavy (non-hydrogen) atoms. The molecule has 0 bridgehead atoms. The Morgan fingerprint density at radius 2 is 2.33 bits per heavy atom. The Hall–Kier alpha value is 0.01000. The summed E-state index contributed by atoms with van der Waals surface area (Å²) in [5.74, 6) is -0.575. The molecule has 0 amide bonds. The molecule has 0 aliphatic carbocycles. The summed E-state index contributed by atoms with van der Waals surface area (Å²) in [7, 11) is 0. The van der Waals surface area contributed by atoms with E-state index in [-0.39, 0.29) is 12.4 Å². The molecular formula is C4H9Cl2NO2. The summed E-state index contributed by atoms with van der Waals surface area (Å²) < 4.78 is 3.81. The molecule has 0 spiro atoms. The van der Waals surface area contributed by atoms with Crippen molar-refractivity contribution in [3.8, 4) is 0 Å². The zero-order valence-corrected chi connectivity index (χ0v) is 6.54. The monoisotopic (exact) mass is 173 g/mol. The van der Waals surface area contributed by atoms with E-state index in [1.165, 1.54) is 0 Å². The maximum atomic E-state index is 10.3. The fraction of sp³-hybridized carbons (Fsp3) is 0.750. The van der Waals surface area contributed by atoms with Crippen LogP contribution in [0.15, 0.2) is 0 Å². The van der Waals surface area contributed by atoms with E-state index in [0.29, 0.717) is 6.42 Å². The van der Waals surface area contributed by atoms with E-state index >= 15 is 0 Å². The average molecular weight is 174 g/mol. The van der Waals surface area contributed by atoms with Crippen LogP contribution in [0.5, 0.6) is 0 Å². The summed E-state index contributed by atoms with van der Waals surface area (Å²) in [6, 6.07) is -0.576. The molecule has 5 heteroatoms. The Morgan fingerprint density at radius 1 is 1.89 bits per heavy atom. The smallest absolute Gasteiger partial charge is 0.341 e. The Labute approximate surface area is 65.1 Å². The van der Waals surface area contributed by atoms with Crippen LogP contribution in [0.3, 0.4) is 0 Å². The third-order valence-corrected chi connectivity index (χ3v) is 0.971. The van der Waals surface area contributed by atoms with Crippen molar-refractivity contribution in [1.29, 1.82) is 0 Å². The lowest BCUT2D eigenvalue weighted by atomic mass is 10.2. The second-order valence-electron chi connectivity index (χ2n) is 1.41. The minimum absolute atomic E-state index is 0. The lowest BCUT2D eigenvalue weighted by molar-refractivity contribution is -0.135. The topological polar surface area (TPSA) is 52.3 Å². The van der Waals surface area contributed by atoms with Crippen LogP contribution in [0.2, 0.25) is 0 Å². The molecule has 1 unspecified atom stereocenters. The van der Waals surface area contributed by atoms with Crippen molar-refractivity contribution in [3.63, 3.8) is 0 Å². The van der Waals surface area contributed by atoms with Gasteiger partial charge < -0.3 is 10.0 Å². The summed E-state index contributed by atoms with van der Waals surface area (Å²) in [5.41, 5.74) is 5.17. The van der Waals surface area contributed by atoms with Gasteiger partial charge in [-0.3, -0.25) is 0 Å². The van der Waals surface area contributed by atoms with E-state index in [0.717, 1.165) is 0 Å². The van der Waals surface area contributed by atoms with Crippen molar-refractivity contribution in [2.24, 2.45) is 5.73 Å². The molecule has 56 valence electrons. The molecule has 0 saturated carbocycles. The molecule has 0 saturated heterocycles. The van der Waals surface area contributed by atoms with Crippen LogP contribution in [0, 0.1) is 0 Å². The second-order valence-corrected chi connectivity index (χ2v) is 1.57. The van der Waals surface area contributed by atoms with Gasteiger partial charge in [0.15, 0.2) is 0 Å². The third kappa shape index (κ3) is 4.51. The Balaban J connectivity index is 0. The zero-order chi connectivity index (χ0) is 6.57. The molecule has 0 radical (unpaired) electrons. The molecule has 0 aromatic rings. The van der Waals surface area contributed by atoms with E-state index in [9.17, 15) is 4.79 Å². The lowest BCUT2D eigenvalue weighted by Crippen LogP contribution is -2.29. The van der Waals surface area contributed by atoms with Gasteiger partial charge in [-0.1, -0.05) is 6.92 Å². The Kier molecular flexibility index (Phi) is 8.02. The minimum atomic E-state index is -0.576. The summed E-state index contributed by atoms with van der Waals surface area (Å²) >= 11 is 4.70. The fourth-order valence-electron chi connectivity index (χ4n) is 0.224. The normalized spacial score (nSPS) is 11.4. The highest BCUT2D eigenvalue weighted by Crippen LogP contribution is 1.91. The Bertz CT molecular complexity index is 88.6. The van der Waals surface area contributed by atoms with E-state index < -0.39 is 12.0 Å².